The molecule has 0 spiro atoms. The molecule has 0 radical (unpaired) electrons. The highest BCUT2D eigenvalue weighted by Crippen LogP contribution is 2.60. The summed E-state index contributed by atoms with van der Waals surface area (Å²) in [5.74, 6) is 0. The molecule has 6 aromatic rings. The molecule has 0 bridgehead atoms. The topological polar surface area (TPSA) is 3.24 Å². The van der Waals surface area contributed by atoms with Crippen LogP contribution in [0.15, 0.2) is 127 Å². The molecule has 220 valence electrons. The smallest absolute Gasteiger partial charge is 0.328 e. The average molecular weight is 590 g/mol. The van der Waals surface area contributed by atoms with E-state index in [1.165, 1.54) is 83.5 Å². The molecule has 1 nitrogen and oxygen atoms in total. The van der Waals surface area contributed by atoms with Crippen LogP contribution < -0.4 is 15.7 Å². The SMILES string of the molecule is CC1(C)c2ccccc2N(B2c3ccccc3C3(C)c4ccccc4-c4cccc2c43)c2c1ccc1c2C(C)(C)c2ccccc2-1. The number of hydrogen-bond donors (Lipinski definition) is 0. The van der Waals surface area contributed by atoms with Gasteiger partial charge >= 0.3 is 6.85 Å². The molecule has 10 rings (SSSR count). The summed E-state index contributed by atoms with van der Waals surface area (Å²) in [5, 5.41) is 0. The van der Waals surface area contributed by atoms with Gasteiger partial charge in [-0.3, -0.25) is 0 Å². The first-order valence-corrected chi connectivity index (χ1v) is 16.7. The van der Waals surface area contributed by atoms with E-state index in [-0.39, 0.29) is 23.1 Å². The van der Waals surface area contributed by atoms with Gasteiger partial charge in [0.25, 0.3) is 0 Å². The van der Waals surface area contributed by atoms with E-state index < -0.39 is 0 Å². The van der Waals surface area contributed by atoms with Crippen molar-refractivity contribution in [3.05, 3.63) is 166 Å². The van der Waals surface area contributed by atoms with Gasteiger partial charge in [-0.2, -0.15) is 0 Å². The molecule has 46 heavy (non-hydrogen) atoms. The second-order valence-corrected chi connectivity index (χ2v) is 15.0. The Morgan fingerprint density at radius 1 is 0.413 bits per heavy atom. The van der Waals surface area contributed by atoms with E-state index in [0.29, 0.717) is 0 Å². The first-order chi connectivity index (χ1) is 22.3. The fourth-order valence-electron chi connectivity index (χ4n) is 10.1. The van der Waals surface area contributed by atoms with Gasteiger partial charge in [-0.1, -0.05) is 149 Å². The van der Waals surface area contributed by atoms with Gasteiger partial charge in [0, 0.05) is 27.6 Å². The molecule has 0 amide bonds. The molecule has 0 N–H and O–H groups in total. The zero-order valence-electron chi connectivity index (χ0n) is 27.1. The molecular weight excluding hydrogens is 553 g/mol. The van der Waals surface area contributed by atoms with E-state index in [2.05, 4.69) is 167 Å². The zero-order chi connectivity index (χ0) is 31.2. The highest BCUT2D eigenvalue weighted by atomic mass is 15.1. The normalized spacial score (nSPS) is 19.8. The van der Waals surface area contributed by atoms with Gasteiger partial charge in [0.1, 0.15) is 0 Å². The first-order valence-electron chi connectivity index (χ1n) is 16.7. The van der Waals surface area contributed by atoms with Crippen LogP contribution in [0.2, 0.25) is 0 Å². The lowest BCUT2D eigenvalue weighted by Crippen LogP contribution is -2.63. The Labute approximate surface area is 272 Å². The molecule has 1 atom stereocenters. The van der Waals surface area contributed by atoms with Crippen LogP contribution in [-0.4, -0.2) is 6.85 Å². The van der Waals surface area contributed by atoms with Crippen molar-refractivity contribution in [1.82, 2.24) is 0 Å². The summed E-state index contributed by atoms with van der Waals surface area (Å²) in [7, 11) is 0. The lowest BCUT2D eigenvalue weighted by atomic mass is 9.40. The van der Waals surface area contributed by atoms with Crippen molar-refractivity contribution in [3.8, 4) is 22.3 Å². The monoisotopic (exact) mass is 589 g/mol. The lowest BCUT2D eigenvalue weighted by Gasteiger charge is -2.49. The average Bonchev–Trinajstić information content (AvgIpc) is 3.49. The molecule has 2 heteroatoms. The third kappa shape index (κ3) is 2.91. The Hall–Kier alpha value is -4.82. The van der Waals surface area contributed by atoms with E-state index in [0.717, 1.165) is 0 Å². The number of fused-ring (bicyclic) bond motifs is 11. The fraction of sp³-hybridized carbons (Fsp3) is 0.182. The second kappa shape index (κ2) is 8.50. The van der Waals surface area contributed by atoms with Crippen LogP contribution in [0.5, 0.6) is 0 Å². The van der Waals surface area contributed by atoms with Crippen molar-refractivity contribution in [1.29, 1.82) is 0 Å². The predicted octanol–water partition coefficient (Wildman–Crippen LogP) is 9.22. The molecule has 4 aliphatic rings. The van der Waals surface area contributed by atoms with Crippen LogP contribution in [0.1, 0.15) is 73.6 Å². The fourth-order valence-corrected chi connectivity index (χ4v) is 10.1. The quantitative estimate of drug-likeness (QED) is 0.173. The standard InChI is InChI=1S/C44H36BN/c1-42(2)34-21-11-13-24-38(34)46(41-35(42)26-25-30-27-15-6-8-18-31(27)43(3,4)40(30)41)45-36-22-12-10-20-33(36)44(5)32-19-9-7-16-28(32)29-17-14-23-37(45)39(29)44/h6-26H,1-5H3. The zero-order valence-corrected chi connectivity index (χ0v) is 27.1. The van der Waals surface area contributed by atoms with Crippen LogP contribution in [0.25, 0.3) is 22.3 Å². The van der Waals surface area contributed by atoms with Crippen LogP contribution in [0, 0.1) is 0 Å². The summed E-state index contributed by atoms with van der Waals surface area (Å²) in [6.45, 7) is 12.2. The van der Waals surface area contributed by atoms with Crippen LogP contribution >= 0.6 is 0 Å². The Kier molecular flexibility index (Phi) is 4.88. The lowest BCUT2D eigenvalue weighted by molar-refractivity contribution is 0.619. The van der Waals surface area contributed by atoms with Crippen molar-refractivity contribution < 1.29 is 0 Å². The van der Waals surface area contributed by atoms with E-state index in [9.17, 15) is 0 Å². The Balaban J connectivity index is 1.35. The van der Waals surface area contributed by atoms with E-state index in [4.69, 9.17) is 0 Å². The molecule has 0 saturated carbocycles. The van der Waals surface area contributed by atoms with Crippen LogP contribution in [0.4, 0.5) is 11.4 Å². The summed E-state index contributed by atoms with van der Waals surface area (Å²) in [6.07, 6.45) is 0. The molecule has 6 aromatic carbocycles. The van der Waals surface area contributed by atoms with Gasteiger partial charge in [0.2, 0.25) is 0 Å². The van der Waals surface area contributed by atoms with Gasteiger partial charge in [0.15, 0.2) is 0 Å². The maximum atomic E-state index is 2.76. The number of nitrogens with zero attached hydrogens (tertiary/aromatic N) is 1. The molecule has 0 saturated heterocycles. The molecule has 0 aromatic heterocycles. The number of para-hydroxylation sites is 1. The Morgan fingerprint density at radius 3 is 1.76 bits per heavy atom. The third-order valence-electron chi connectivity index (χ3n) is 12.1. The highest BCUT2D eigenvalue weighted by molar-refractivity contribution is 6.90. The molecule has 0 fully saturated rings. The highest BCUT2D eigenvalue weighted by Gasteiger charge is 2.54. The van der Waals surface area contributed by atoms with Crippen molar-refractivity contribution in [2.75, 3.05) is 4.81 Å². The largest absolute Gasteiger partial charge is 0.376 e. The van der Waals surface area contributed by atoms with Crippen LogP contribution in [-0.2, 0) is 16.2 Å². The van der Waals surface area contributed by atoms with Crippen molar-refractivity contribution in [2.45, 2.75) is 50.9 Å². The minimum absolute atomic E-state index is 0.0237. The van der Waals surface area contributed by atoms with Gasteiger partial charge in [-0.15, -0.1) is 0 Å². The number of hydrogen-bond acceptors (Lipinski definition) is 1. The van der Waals surface area contributed by atoms with Crippen molar-refractivity contribution >= 4 is 29.1 Å². The van der Waals surface area contributed by atoms with E-state index in [1.807, 2.05) is 0 Å². The minimum Gasteiger partial charge on any atom is -0.376 e. The predicted molar refractivity (Wildman–Crippen MR) is 194 cm³/mol. The van der Waals surface area contributed by atoms with Gasteiger partial charge in [-0.25, -0.2) is 0 Å². The molecule has 2 aliphatic carbocycles. The summed E-state index contributed by atoms with van der Waals surface area (Å²) < 4.78 is 0. The summed E-state index contributed by atoms with van der Waals surface area (Å²) in [5.41, 5.74) is 20.5. The van der Waals surface area contributed by atoms with Gasteiger partial charge < -0.3 is 4.81 Å². The van der Waals surface area contributed by atoms with Crippen molar-refractivity contribution in [3.63, 3.8) is 0 Å². The van der Waals surface area contributed by atoms with Crippen molar-refractivity contribution in [2.24, 2.45) is 0 Å². The Morgan fingerprint density at radius 2 is 0.978 bits per heavy atom. The maximum Gasteiger partial charge on any atom is 0.328 e. The number of anilines is 2. The second-order valence-electron chi connectivity index (χ2n) is 15.0. The van der Waals surface area contributed by atoms with Gasteiger partial charge in [0.05, 0.1) is 0 Å². The van der Waals surface area contributed by atoms with E-state index in [1.54, 1.807) is 0 Å². The summed E-state index contributed by atoms with van der Waals surface area (Å²) in [4.78, 5) is 2.76. The first kappa shape index (κ1) is 26.4. The molecule has 2 aliphatic heterocycles. The molecule has 1 unspecified atom stereocenters. The molecule has 2 heterocycles. The maximum absolute atomic E-state index is 2.76. The number of benzene rings is 6. The van der Waals surface area contributed by atoms with Crippen LogP contribution in [0.3, 0.4) is 0 Å². The van der Waals surface area contributed by atoms with E-state index >= 15 is 0 Å². The van der Waals surface area contributed by atoms with Gasteiger partial charge in [-0.05, 0) is 85.1 Å². The summed E-state index contributed by atoms with van der Waals surface area (Å²) in [6, 6.07) is 48.6. The number of rotatable bonds is 1. The summed E-state index contributed by atoms with van der Waals surface area (Å²) >= 11 is 0. The Bertz CT molecular complexity index is 2310. The molecular formula is C44H36BN. The third-order valence-corrected chi connectivity index (χ3v) is 12.1. The minimum atomic E-state index is -0.207.